The van der Waals surface area contributed by atoms with Crippen LogP contribution < -0.4 is 14.8 Å². The van der Waals surface area contributed by atoms with E-state index in [1.807, 2.05) is 25.5 Å². The van der Waals surface area contributed by atoms with Crippen LogP contribution in [0.1, 0.15) is 37.7 Å². The fourth-order valence-electron chi connectivity index (χ4n) is 2.86. The number of aryl methyl sites for hydroxylation is 2. The maximum Gasteiger partial charge on any atom is 0.231 e. The van der Waals surface area contributed by atoms with E-state index in [2.05, 4.69) is 40.8 Å². The van der Waals surface area contributed by atoms with Crippen molar-refractivity contribution in [2.75, 3.05) is 6.79 Å². The SMILES string of the molecule is CC(CCc1ccc2c(c1)OCO2)NC(C)c1nccn1C. The molecule has 0 saturated carbocycles. The van der Waals surface area contributed by atoms with Gasteiger partial charge in [0, 0.05) is 25.5 Å². The van der Waals surface area contributed by atoms with Crippen LogP contribution in [-0.2, 0) is 13.5 Å². The second-order valence-corrected chi connectivity index (χ2v) is 5.91. The molecule has 3 rings (SSSR count). The average molecular weight is 301 g/mol. The van der Waals surface area contributed by atoms with E-state index in [9.17, 15) is 0 Å². The number of imidazole rings is 1. The lowest BCUT2D eigenvalue weighted by atomic mass is 10.0. The first kappa shape index (κ1) is 14.9. The Morgan fingerprint density at radius 2 is 2.09 bits per heavy atom. The molecule has 0 radical (unpaired) electrons. The van der Waals surface area contributed by atoms with Crippen LogP contribution in [-0.4, -0.2) is 22.4 Å². The van der Waals surface area contributed by atoms with Gasteiger partial charge < -0.3 is 19.4 Å². The van der Waals surface area contributed by atoms with Crippen LogP contribution in [0.3, 0.4) is 0 Å². The van der Waals surface area contributed by atoms with Crippen molar-refractivity contribution < 1.29 is 9.47 Å². The highest BCUT2D eigenvalue weighted by Crippen LogP contribution is 2.32. The van der Waals surface area contributed by atoms with Crippen LogP contribution in [0.15, 0.2) is 30.6 Å². The first-order chi connectivity index (χ1) is 10.6. The third kappa shape index (κ3) is 3.25. The van der Waals surface area contributed by atoms with E-state index in [4.69, 9.17) is 9.47 Å². The molecule has 5 nitrogen and oxygen atoms in total. The maximum absolute atomic E-state index is 5.42. The summed E-state index contributed by atoms with van der Waals surface area (Å²) in [5.41, 5.74) is 1.28. The van der Waals surface area contributed by atoms with Gasteiger partial charge in [0.15, 0.2) is 11.5 Å². The standard InChI is InChI=1S/C17H23N3O2/c1-12(19-13(2)17-18-8-9-20(17)3)4-5-14-6-7-15-16(10-14)22-11-21-15/h6-10,12-13,19H,4-5,11H2,1-3H3. The van der Waals surface area contributed by atoms with E-state index >= 15 is 0 Å². The highest BCUT2D eigenvalue weighted by molar-refractivity contribution is 5.44. The number of fused-ring (bicyclic) bond motifs is 1. The van der Waals surface area contributed by atoms with E-state index in [1.165, 1.54) is 5.56 Å². The third-order valence-corrected chi connectivity index (χ3v) is 4.08. The van der Waals surface area contributed by atoms with Gasteiger partial charge in [0.2, 0.25) is 6.79 Å². The molecule has 1 aromatic heterocycles. The molecule has 0 saturated heterocycles. The summed E-state index contributed by atoms with van der Waals surface area (Å²) in [5, 5.41) is 3.61. The number of benzene rings is 1. The molecular formula is C17H23N3O2. The summed E-state index contributed by atoms with van der Waals surface area (Å²) in [6, 6.07) is 6.84. The summed E-state index contributed by atoms with van der Waals surface area (Å²) < 4.78 is 12.8. The molecule has 5 heteroatoms. The summed E-state index contributed by atoms with van der Waals surface area (Å²) in [6.07, 6.45) is 5.89. The Morgan fingerprint density at radius 1 is 1.27 bits per heavy atom. The van der Waals surface area contributed by atoms with Crippen LogP contribution >= 0.6 is 0 Å². The normalized spacial score (nSPS) is 15.8. The molecule has 0 aliphatic carbocycles. The van der Waals surface area contributed by atoms with E-state index in [1.54, 1.807) is 0 Å². The maximum atomic E-state index is 5.42. The van der Waals surface area contributed by atoms with Gasteiger partial charge in [-0.25, -0.2) is 4.98 Å². The van der Waals surface area contributed by atoms with Crippen molar-refractivity contribution in [3.05, 3.63) is 42.0 Å². The topological polar surface area (TPSA) is 48.3 Å². The van der Waals surface area contributed by atoms with Gasteiger partial charge in [-0.1, -0.05) is 6.07 Å². The Hall–Kier alpha value is -2.01. The molecule has 22 heavy (non-hydrogen) atoms. The minimum Gasteiger partial charge on any atom is -0.454 e. The summed E-state index contributed by atoms with van der Waals surface area (Å²) in [7, 11) is 2.03. The molecule has 2 atom stereocenters. The largest absolute Gasteiger partial charge is 0.454 e. The van der Waals surface area contributed by atoms with Crippen molar-refractivity contribution in [2.24, 2.45) is 7.05 Å². The van der Waals surface area contributed by atoms with Crippen LogP contribution in [0.2, 0.25) is 0 Å². The van der Waals surface area contributed by atoms with Crippen LogP contribution in [0.5, 0.6) is 11.5 Å². The number of ether oxygens (including phenoxy) is 2. The van der Waals surface area contributed by atoms with Crippen molar-refractivity contribution in [1.82, 2.24) is 14.9 Å². The predicted octanol–water partition coefficient (Wildman–Crippen LogP) is 2.82. The quantitative estimate of drug-likeness (QED) is 0.891. The highest BCUT2D eigenvalue weighted by Gasteiger charge is 2.15. The van der Waals surface area contributed by atoms with Gasteiger partial charge in [-0.05, 0) is 44.4 Å². The summed E-state index contributed by atoms with van der Waals surface area (Å²) in [4.78, 5) is 4.40. The van der Waals surface area contributed by atoms with E-state index in [-0.39, 0.29) is 6.04 Å². The highest BCUT2D eigenvalue weighted by atomic mass is 16.7. The number of hydrogen-bond donors (Lipinski definition) is 1. The summed E-state index contributed by atoms with van der Waals surface area (Å²) in [5.74, 6) is 2.77. The van der Waals surface area contributed by atoms with Crippen molar-refractivity contribution >= 4 is 0 Å². The molecule has 2 unspecified atom stereocenters. The Kier molecular flexibility index (Phi) is 4.34. The van der Waals surface area contributed by atoms with Crippen molar-refractivity contribution in [1.29, 1.82) is 0 Å². The third-order valence-electron chi connectivity index (χ3n) is 4.08. The number of nitrogens with one attached hydrogen (secondary N) is 1. The lowest BCUT2D eigenvalue weighted by molar-refractivity contribution is 0.174. The molecular weight excluding hydrogens is 278 g/mol. The molecule has 1 N–H and O–H groups in total. The molecule has 1 aliphatic rings. The Morgan fingerprint density at radius 3 is 2.86 bits per heavy atom. The minimum atomic E-state index is 0.242. The van der Waals surface area contributed by atoms with Gasteiger partial charge in [0.25, 0.3) is 0 Å². The van der Waals surface area contributed by atoms with Gasteiger partial charge in [-0.2, -0.15) is 0 Å². The lowest BCUT2D eigenvalue weighted by Gasteiger charge is -2.20. The van der Waals surface area contributed by atoms with Gasteiger partial charge in [-0.3, -0.25) is 0 Å². The zero-order valence-corrected chi connectivity index (χ0v) is 13.4. The second-order valence-electron chi connectivity index (χ2n) is 5.91. The fraction of sp³-hybridized carbons (Fsp3) is 0.471. The number of aromatic nitrogens is 2. The van der Waals surface area contributed by atoms with Gasteiger partial charge in [0.05, 0.1) is 6.04 Å². The van der Waals surface area contributed by atoms with Crippen LogP contribution in [0, 0.1) is 0 Å². The van der Waals surface area contributed by atoms with Crippen LogP contribution in [0.25, 0.3) is 0 Å². The smallest absolute Gasteiger partial charge is 0.231 e. The first-order valence-corrected chi connectivity index (χ1v) is 7.75. The Bertz CT molecular complexity index is 639. The summed E-state index contributed by atoms with van der Waals surface area (Å²) >= 11 is 0. The molecule has 0 spiro atoms. The average Bonchev–Trinajstić information content (AvgIpc) is 3.12. The molecule has 0 amide bonds. The second kappa shape index (κ2) is 6.40. The van der Waals surface area contributed by atoms with E-state index in [0.717, 1.165) is 30.2 Å². The monoisotopic (exact) mass is 301 g/mol. The molecule has 1 aromatic carbocycles. The number of rotatable bonds is 6. The number of nitrogens with zero attached hydrogens (tertiary/aromatic N) is 2. The number of hydrogen-bond acceptors (Lipinski definition) is 4. The zero-order valence-electron chi connectivity index (χ0n) is 13.4. The molecule has 1 aliphatic heterocycles. The van der Waals surface area contributed by atoms with Gasteiger partial charge in [0.1, 0.15) is 5.82 Å². The molecule has 118 valence electrons. The van der Waals surface area contributed by atoms with Gasteiger partial charge in [-0.15, -0.1) is 0 Å². The molecule has 0 fully saturated rings. The van der Waals surface area contributed by atoms with Crippen molar-refractivity contribution in [2.45, 2.75) is 38.8 Å². The molecule has 2 heterocycles. The van der Waals surface area contributed by atoms with Crippen LogP contribution in [0.4, 0.5) is 0 Å². The van der Waals surface area contributed by atoms with Gasteiger partial charge >= 0.3 is 0 Å². The first-order valence-electron chi connectivity index (χ1n) is 7.75. The molecule has 2 aromatic rings. The Balaban J connectivity index is 1.52. The van der Waals surface area contributed by atoms with Crippen molar-refractivity contribution in [3.63, 3.8) is 0 Å². The molecule has 0 bridgehead atoms. The minimum absolute atomic E-state index is 0.242. The van der Waals surface area contributed by atoms with E-state index < -0.39 is 0 Å². The van der Waals surface area contributed by atoms with Crippen molar-refractivity contribution in [3.8, 4) is 11.5 Å². The lowest BCUT2D eigenvalue weighted by Crippen LogP contribution is -2.30. The predicted molar refractivity (Wildman–Crippen MR) is 85.1 cm³/mol. The Labute approximate surface area is 131 Å². The fourth-order valence-corrected chi connectivity index (χ4v) is 2.86. The van der Waals surface area contributed by atoms with E-state index in [0.29, 0.717) is 12.8 Å². The summed E-state index contributed by atoms with van der Waals surface area (Å²) in [6.45, 7) is 4.70. The zero-order chi connectivity index (χ0) is 15.5.